The Morgan fingerprint density at radius 3 is 2.34 bits per heavy atom. The van der Waals surface area contributed by atoms with E-state index in [1.54, 1.807) is 0 Å². The maximum Gasteiger partial charge on any atom is 0.218 e. The molecule has 1 unspecified atom stereocenters. The quantitative estimate of drug-likeness (QED) is 0.491. The Morgan fingerprint density at radius 2 is 1.55 bits per heavy atom. The molecule has 0 amide bonds. The van der Waals surface area contributed by atoms with Crippen molar-refractivity contribution >= 4 is 5.70 Å². The molecule has 0 fully saturated rings. The summed E-state index contributed by atoms with van der Waals surface area (Å²) >= 11 is 0. The third kappa shape index (κ3) is 3.31. The fraction of sp³-hybridized carbons (Fsp3) is 0.333. The van der Waals surface area contributed by atoms with E-state index < -0.39 is 0 Å². The Hall–Kier alpha value is -2.74. The highest BCUT2D eigenvalue weighted by Gasteiger charge is 2.51. The Bertz CT molecular complexity index is 1060. The SMILES string of the molecule is C=C1CC(C)([n+]2ccccc2C)C(C)(C)CCc2ccccc2-c2cccc[n+]21. The van der Waals surface area contributed by atoms with Crippen LogP contribution in [0.5, 0.6) is 0 Å². The zero-order valence-corrected chi connectivity index (χ0v) is 18.2. The van der Waals surface area contributed by atoms with E-state index in [-0.39, 0.29) is 11.0 Å². The molecule has 2 nitrogen and oxygen atoms in total. The van der Waals surface area contributed by atoms with Crippen LogP contribution >= 0.6 is 0 Å². The van der Waals surface area contributed by atoms with Crippen molar-refractivity contribution in [3.8, 4) is 11.3 Å². The second-order valence-electron chi connectivity index (χ2n) is 9.23. The van der Waals surface area contributed by atoms with E-state index in [0.29, 0.717) is 0 Å². The highest BCUT2D eigenvalue weighted by atomic mass is 15.1. The molecule has 148 valence electrons. The van der Waals surface area contributed by atoms with Crippen molar-refractivity contribution in [1.29, 1.82) is 0 Å². The van der Waals surface area contributed by atoms with Crippen molar-refractivity contribution in [2.75, 3.05) is 0 Å². The molecule has 1 aliphatic rings. The first kappa shape index (κ1) is 19.6. The number of aromatic nitrogens is 2. The first-order valence-electron chi connectivity index (χ1n) is 10.6. The fourth-order valence-corrected chi connectivity index (χ4v) is 4.86. The van der Waals surface area contributed by atoms with Crippen LogP contribution in [-0.4, -0.2) is 0 Å². The van der Waals surface area contributed by atoms with Gasteiger partial charge in [-0.25, -0.2) is 0 Å². The standard InChI is InChI=1S/C27H32N2/c1-21-12-8-11-19-29(21)27(5)20-22(2)28-18-10-9-15-25(28)24-14-7-6-13-23(24)16-17-26(27,3)4/h6-15,18-19H,2,16-17,20H2,1,3-5H3/q+2. The average molecular weight is 385 g/mol. The van der Waals surface area contributed by atoms with Gasteiger partial charge in [-0.2, -0.15) is 9.13 Å². The van der Waals surface area contributed by atoms with Crippen LogP contribution in [0.25, 0.3) is 17.0 Å². The van der Waals surface area contributed by atoms with E-state index in [1.807, 2.05) is 0 Å². The number of hydrogen-bond acceptors (Lipinski definition) is 0. The van der Waals surface area contributed by atoms with E-state index in [9.17, 15) is 0 Å². The van der Waals surface area contributed by atoms with E-state index in [1.165, 1.54) is 22.5 Å². The van der Waals surface area contributed by atoms with Crippen molar-refractivity contribution in [3.63, 3.8) is 0 Å². The summed E-state index contributed by atoms with van der Waals surface area (Å²) in [5.74, 6) is 0. The van der Waals surface area contributed by atoms with E-state index in [2.05, 4.69) is 116 Å². The minimum atomic E-state index is -0.0954. The molecular formula is C27H32N2+2. The maximum absolute atomic E-state index is 4.57. The molecular weight excluding hydrogens is 352 g/mol. The number of fused-ring (bicyclic) bond motifs is 3. The van der Waals surface area contributed by atoms with Crippen molar-refractivity contribution in [3.05, 3.63) is 90.9 Å². The molecule has 0 saturated carbocycles. The van der Waals surface area contributed by atoms with Crippen LogP contribution in [-0.2, 0) is 12.0 Å². The summed E-state index contributed by atoms with van der Waals surface area (Å²) in [6.45, 7) is 14.0. The Balaban J connectivity index is 1.94. The molecule has 2 heteroatoms. The summed E-state index contributed by atoms with van der Waals surface area (Å²) < 4.78 is 4.76. The van der Waals surface area contributed by atoms with E-state index in [0.717, 1.165) is 25.0 Å². The number of nitrogens with zero attached hydrogens (tertiary/aromatic N) is 2. The molecule has 29 heavy (non-hydrogen) atoms. The molecule has 1 aliphatic heterocycles. The lowest BCUT2D eigenvalue weighted by Crippen LogP contribution is -2.64. The van der Waals surface area contributed by atoms with Crippen molar-refractivity contribution in [2.24, 2.45) is 5.41 Å². The van der Waals surface area contributed by atoms with Gasteiger partial charge in [-0.3, -0.25) is 0 Å². The second-order valence-corrected chi connectivity index (χ2v) is 9.23. The summed E-state index contributed by atoms with van der Waals surface area (Å²) in [7, 11) is 0. The van der Waals surface area contributed by atoms with Gasteiger partial charge in [0.1, 0.15) is 0 Å². The average Bonchev–Trinajstić information content (AvgIpc) is 2.72. The fourth-order valence-electron chi connectivity index (χ4n) is 4.86. The summed E-state index contributed by atoms with van der Waals surface area (Å²) in [4.78, 5) is 0. The van der Waals surface area contributed by atoms with Crippen LogP contribution in [0, 0.1) is 12.3 Å². The number of aryl methyl sites for hydroxylation is 2. The zero-order valence-electron chi connectivity index (χ0n) is 18.2. The normalized spacial score (nSPS) is 21.2. The molecule has 0 bridgehead atoms. The molecule has 0 radical (unpaired) electrons. The minimum Gasteiger partial charge on any atom is -0.197 e. The zero-order chi connectivity index (χ0) is 20.6. The first-order chi connectivity index (χ1) is 13.8. The van der Waals surface area contributed by atoms with Crippen molar-refractivity contribution in [2.45, 2.75) is 52.5 Å². The van der Waals surface area contributed by atoms with Gasteiger partial charge in [0.15, 0.2) is 29.3 Å². The van der Waals surface area contributed by atoms with Gasteiger partial charge in [0.25, 0.3) is 0 Å². The van der Waals surface area contributed by atoms with Gasteiger partial charge in [-0.1, -0.05) is 38.1 Å². The molecule has 1 atom stereocenters. The van der Waals surface area contributed by atoms with Crippen LogP contribution in [0.2, 0.25) is 0 Å². The number of pyridine rings is 2. The van der Waals surface area contributed by atoms with Crippen molar-refractivity contribution < 1.29 is 9.13 Å². The second kappa shape index (κ2) is 7.26. The van der Waals surface area contributed by atoms with Crippen LogP contribution < -0.4 is 9.13 Å². The molecule has 0 saturated heterocycles. The first-order valence-corrected chi connectivity index (χ1v) is 10.6. The highest BCUT2D eigenvalue weighted by Crippen LogP contribution is 2.43. The molecule has 3 aromatic rings. The van der Waals surface area contributed by atoms with Crippen LogP contribution in [0.4, 0.5) is 0 Å². The lowest BCUT2D eigenvalue weighted by atomic mass is 9.67. The Morgan fingerprint density at radius 1 is 0.862 bits per heavy atom. The summed E-state index contributed by atoms with van der Waals surface area (Å²) in [5, 5.41) is 0. The Labute approximate surface area is 175 Å². The van der Waals surface area contributed by atoms with Crippen LogP contribution in [0.15, 0.2) is 79.6 Å². The Kier molecular flexibility index (Phi) is 4.90. The van der Waals surface area contributed by atoms with Crippen LogP contribution in [0.1, 0.15) is 44.9 Å². The molecule has 3 heterocycles. The smallest absolute Gasteiger partial charge is 0.197 e. The monoisotopic (exact) mass is 384 g/mol. The van der Waals surface area contributed by atoms with Crippen molar-refractivity contribution in [1.82, 2.24) is 0 Å². The topological polar surface area (TPSA) is 7.76 Å². The minimum absolute atomic E-state index is 0.0761. The third-order valence-electron chi connectivity index (χ3n) is 7.11. The van der Waals surface area contributed by atoms with E-state index in [4.69, 9.17) is 0 Å². The number of rotatable bonds is 1. The van der Waals surface area contributed by atoms with Gasteiger partial charge in [0.2, 0.25) is 5.69 Å². The van der Waals surface area contributed by atoms with Gasteiger partial charge < -0.3 is 0 Å². The number of hydrogen-bond donors (Lipinski definition) is 0. The number of allylic oxidation sites excluding steroid dienone is 1. The highest BCUT2D eigenvalue weighted by molar-refractivity contribution is 5.62. The summed E-state index contributed by atoms with van der Waals surface area (Å²) in [6, 6.07) is 21.8. The predicted octanol–water partition coefficient (Wildman–Crippen LogP) is 5.49. The lowest BCUT2D eigenvalue weighted by Gasteiger charge is -2.40. The van der Waals surface area contributed by atoms with Gasteiger partial charge in [-0.15, -0.1) is 0 Å². The van der Waals surface area contributed by atoms with E-state index >= 15 is 0 Å². The molecule has 1 aromatic carbocycles. The predicted molar refractivity (Wildman–Crippen MR) is 119 cm³/mol. The van der Waals surface area contributed by atoms with Gasteiger partial charge in [0.05, 0.1) is 6.42 Å². The molecule has 2 aromatic heterocycles. The van der Waals surface area contributed by atoms with Gasteiger partial charge >= 0.3 is 0 Å². The summed E-state index contributed by atoms with van der Waals surface area (Å²) in [5.41, 5.74) is 6.35. The molecule has 4 rings (SSSR count). The van der Waals surface area contributed by atoms with Crippen LogP contribution in [0.3, 0.4) is 0 Å². The molecule has 0 spiro atoms. The maximum atomic E-state index is 4.57. The largest absolute Gasteiger partial charge is 0.218 e. The van der Waals surface area contributed by atoms with Gasteiger partial charge in [0, 0.05) is 49.1 Å². The number of benzene rings is 1. The molecule has 0 N–H and O–H groups in total. The lowest BCUT2D eigenvalue weighted by molar-refractivity contribution is -0.782. The third-order valence-corrected chi connectivity index (χ3v) is 7.11. The summed E-state index contributed by atoms with van der Waals surface area (Å²) in [6.07, 6.45) is 7.46. The van der Waals surface area contributed by atoms with Gasteiger partial charge in [-0.05, 0) is 37.1 Å². The molecule has 0 aliphatic carbocycles.